The highest BCUT2D eigenvalue weighted by Crippen LogP contribution is 2.18. The minimum absolute atomic E-state index is 0.692. The van der Waals surface area contributed by atoms with Gasteiger partial charge in [0.1, 0.15) is 0 Å². The predicted molar refractivity (Wildman–Crippen MR) is 45.5 cm³/mol. The lowest BCUT2D eigenvalue weighted by Crippen LogP contribution is -1.70. The second-order valence-electron chi connectivity index (χ2n) is 2.53. The Morgan fingerprint density at radius 2 is 2.08 bits per heavy atom. The van der Waals surface area contributed by atoms with Gasteiger partial charge in [-0.3, -0.25) is 0 Å². The van der Waals surface area contributed by atoms with E-state index in [0.29, 0.717) is 5.89 Å². The number of rotatable bonds is 1. The zero-order chi connectivity index (χ0) is 8.39. The number of oxazole rings is 1. The van der Waals surface area contributed by atoms with Gasteiger partial charge in [-0.15, -0.1) is 0 Å². The summed E-state index contributed by atoms with van der Waals surface area (Å²) < 4.78 is 5.34. The largest absolute Gasteiger partial charge is 0.441 e. The number of aryl methyl sites for hydroxylation is 1. The monoisotopic (exact) mass is 158 g/mol. The third-order valence-corrected chi connectivity index (χ3v) is 1.62. The molecule has 0 spiro atoms. The van der Waals surface area contributed by atoms with Crippen LogP contribution in [0.25, 0.3) is 11.3 Å². The van der Waals surface area contributed by atoms with Crippen LogP contribution in [0.4, 0.5) is 0 Å². The van der Waals surface area contributed by atoms with Crippen molar-refractivity contribution >= 4 is 0 Å². The van der Waals surface area contributed by atoms with Crippen LogP contribution in [-0.2, 0) is 0 Å². The van der Waals surface area contributed by atoms with Crippen molar-refractivity contribution in [3.8, 4) is 11.3 Å². The molecule has 0 amide bonds. The van der Waals surface area contributed by atoms with E-state index in [1.165, 1.54) is 0 Å². The Labute approximate surface area is 70.9 Å². The molecule has 0 aliphatic heterocycles. The van der Waals surface area contributed by atoms with Gasteiger partial charge in [0.25, 0.3) is 0 Å². The summed E-state index contributed by atoms with van der Waals surface area (Å²) in [5.74, 6) is 1.50. The molecule has 1 aromatic carbocycles. The number of aromatic nitrogens is 1. The first kappa shape index (κ1) is 7.10. The fourth-order valence-electron chi connectivity index (χ4n) is 1.05. The van der Waals surface area contributed by atoms with E-state index in [1.54, 1.807) is 6.20 Å². The molecule has 0 bridgehead atoms. The van der Waals surface area contributed by atoms with Gasteiger partial charge in [-0.05, 0) is 6.07 Å². The van der Waals surface area contributed by atoms with E-state index in [1.807, 2.05) is 31.2 Å². The van der Waals surface area contributed by atoms with Crippen molar-refractivity contribution in [1.29, 1.82) is 0 Å². The van der Waals surface area contributed by atoms with Crippen molar-refractivity contribution in [2.24, 2.45) is 0 Å². The van der Waals surface area contributed by atoms with Crippen molar-refractivity contribution < 1.29 is 4.42 Å². The standard InChI is InChI=1S/C10H8NO/c1-8-11-7-10(12-8)9-5-3-2-4-6-9/h3-7H,1H3. The number of hydrogen-bond donors (Lipinski definition) is 0. The van der Waals surface area contributed by atoms with Gasteiger partial charge >= 0.3 is 0 Å². The molecule has 59 valence electrons. The molecule has 0 saturated heterocycles. The first-order valence-corrected chi connectivity index (χ1v) is 3.75. The van der Waals surface area contributed by atoms with E-state index in [9.17, 15) is 0 Å². The molecule has 0 fully saturated rings. The molecule has 2 rings (SSSR count). The lowest BCUT2D eigenvalue weighted by Gasteiger charge is -1.92. The molecular weight excluding hydrogens is 150 g/mol. The Balaban J connectivity index is 2.45. The SMILES string of the molecule is Cc1ncc(-c2cc[c]cc2)o1. The van der Waals surface area contributed by atoms with Crippen molar-refractivity contribution in [2.45, 2.75) is 6.92 Å². The van der Waals surface area contributed by atoms with E-state index < -0.39 is 0 Å². The molecular formula is C10H8NO. The van der Waals surface area contributed by atoms with Crippen molar-refractivity contribution in [3.05, 3.63) is 42.4 Å². The maximum atomic E-state index is 5.34. The van der Waals surface area contributed by atoms with Gasteiger partial charge in [-0.25, -0.2) is 4.98 Å². The maximum absolute atomic E-state index is 5.34. The Bertz CT molecular complexity index is 364. The fourth-order valence-corrected chi connectivity index (χ4v) is 1.05. The summed E-state index contributed by atoms with van der Waals surface area (Å²) in [6.45, 7) is 1.83. The average Bonchev–Trinajstić information content (AvgIpc) is 2.54. The molecule has 1 radical (unpaired) electrons. The fraction of sp³-hybridized carbons (Fsp3) is 0.100. The van der Waals surface area contributed by atoms with E-state index in [0.717, 1.165) is 11.3 Å². The summed E-state index contributed by atoms with van der Waals surface area (Å²) in [6, 6.07) is 10.5. The summed E-state index contributed by atoms with van der Waals surface area (Å²) in [6.07, 6.45) is 1.73. The molecule has 1 heterocycles. The Hall–Kier alpha value is -1.57. The third kappa shape index (κ3) is 1.23. The van der Waals surface area contributed by atoms with Crippen LogP contribution in [-0.4, -0.2) is 4.98 Å². The van der Waals surface area contributed by atoms with Crippen LogP contribution in [0.2, 0.25) is 0 Å². The summed E-state index contributed by atoms with van der Waals surface area (Å²) in [5.41, 5.74) is 1.04. The van der Waals surface area contributed by atoms with Gasteiger partial charge < -0.3 is 4.42 Å². The first-order valence-electron chi connectivity index (χ1n) is 3.75. The minimum atomic E-state index is 0.692. The zero-order valence-corrected chi connectivity index (χ0v) is 6.74. The topological polar surface area (TPSA) is 26.0 Å². The quantitative estimate of drug-likeness (QED) is 0.637. The van der Waals surface area contributed by atoms with Gasteiger partial charge in [0, 0.05) is 12.5 Å². The van der Waals surface area contributed by atoms with Gasteiger partial charge in [-0.1, -0.05) is 24.3 Å². The molecule has 2 heteroatoms. The molecule has 0 saturated carbocycles. The van der Waals surface area contributed by atoms with Gasteiger partial charge in [-0.2, -0.15) is 0 Å². The lowest BCUT2D eigenvalue weighted by molar-refractivity contribution is 0.534. The van der Waals surface area contributed by atoms with Gasteiger partial charge in [0.05, 0.1) is 6.20 Å². The Morgan fingerprint density at radius 3 is 2.67 bits per heavy atom. The van der Waals surface area contributed by atoms with Crippen LogP contribution >= 0.6 is 0 Å². The minimum Gasteiger partial charge on any atom is -0.441 e. The number of hydrogen-bond acceptors (Lipinski definition) is 2. The van der Waals surface area contributed by atoms with Crippen molar-refractivity contribution in [2.75, 3.05) is 0 Å². The highest BCUT2D eigenvalue weighted by molar-refractivity contribution is 5.55. The Kier molecular flexibility index (Phi) is 1.67. The summed E-state index contributed by atoms with van der Waals surface area (Å²) >= 11 is 0. The molecule has 2 nitrogen and oxygen atoms in total. The predicted octanol–water partition coefficient (Wildman–Crippen LogP) is 2.45. The number of nitrogens with zero attached hydrogens (tertiary/aromatic N) is 1. The summed E-state index contributed by atoms with van der Waals surface area (Å²) in [5, 5.41) is 0. The van der Waals surface area contributed by atoms with E-state index in [2.05, 4.69) is 11.1 Å². The van der Waals surface area contributed by atoms with Crippen LogP contribution in [0.3, 0.4) is 0 Å². The molecule has 0 N–H and O–H groups in total. The average molecular weight is 158 g/mol. The van der Waals surface area contributed by atoms with Crippen LogP contribution < -0.4 is 0 Å². The van der Waals surface area contributed by atoms with Crippen LogP contribution in [0.5, 0.6) is 0 Å². The molecule has 1 aromatic heterocycles. The highest BCUT2D eigenvalue weighted by Gasteiger charge is 2.00. The second-order valence-corrected chi connectivity index (χ2v) is 2.53. The zero-order valence-electron chi connectivity index (χ0n) is 6.74. The van der Waals surface area contributed by atoms with Crippen molar-refractivity contribution in [3.63, 3.8) is 0 Å². The maximum Gasteiger partial charge on any atom is 0.191 e. The smallest absolute Gasteiger partial charge is 0.191 e. The summed E-state index contributed by atoms with van der Waals surface area (Å²) in [7, 11) is 0. The van der Waals surface area contributed by atoms with Crippen LogP contribution in [0.1, 0.15) is 5.89 Å². The Morgan fingerprint density at radius 1 is 1.33 bits per heavy atom. The molecule has 0 unspecified atom stereocenters. The second kappa shape index (κ2) is 2.81. The van der Waals surface area contributed by atoms with Crippen molar-refractivity contribution in [1.82, 2.24) is 4.98 Å². The molecule has 0 aliphatic carbocycles. The normalized spacial score (nSPS) is 10.1. The van der Waals surface area contributed by atoms with E-state index in [4.69, 9.17) is 4.42 Å². The number of benzene rings is 1. The highest BCUT2D eigenvalue weighted by atomic mass is 16.4. The third-order valence-electron chi connectivity index (χ3n) is 1.62. The summed E-state index contributed by atoms with van der Waals surface area (Å²) in [4.78, 5) is 4.02. The van der Waals surface area contributed by atoms with Gasteiger partial charge in [0.15, 0.2) is 11.7 Å². The lowest BCUT2D eigenvalue weighted by atomic mass is 10.2. The van der Waals surface area contributed by atoms with Crippen LogP contribution in [0, 0.1) is 13.0 Å². The first-order chi connectivity index (χ1) is 5.86. The molecule has 2 aromatic rings. The van der Waals surface area contributed by atoms with Gasteiger partial charge in [0.2, 0.25) is 0 Å². The van der Waals surface area contributed by atoms with E-state index >= 15 is 0 Å². The van der Waals surface area contributed by atoms with Crippen LogP contribution in [0.15, 0.2) is 34.9 Å². The molecule has 0 atom stereocenters. The molecule has 0 aliphatic rings. The van der Waals surface area contributed by atoms with E-state index in [-0.39, 0.29) is 0 Å². The molecule has 12 heavy (non-hydrogen) atoms.